The molecule has 1 aliphatic rings. The number of nitrogens with zero attached hydrogens (tertiary/aromatic N) is 1. The average Bonchev–Trinajstić information content (AvgIpc) is 2.83. The second kappa shape index (κ2) is 9.26. The maximum Gasteiger partial charge on any atom is 0.416 e. The van der Waals surface area contributed by atoms with Crippen molar-refractivity contribution in [3.63, 3.8) is 0 Å². The van der Waals surface area contributed by atoms with E-state index < -0.39 is 41.1 Å². The smallest absolute Gasteiger partial charge is 0.416 e. The summed E-state index contributed by atoms with van der Waals surface area (Å²) in [6, 6.07) is 16.5. The monoisotopic (exact) mass is 480 g/mol. The van der Waals surface area contributed by atoms with Crippen LogP contribution in [0.3, 0.4) is 0 Å². The summed E-state index contributed by atoms with van der Waals surface area (Å²) in [6.07, 6.45) is -3.61. The zero-order chi connectivity index (χ0) is 25.2. The molecule has 7 nitrogen and oxygen atoms in total. The first-order chi connectivity index (χ1) is 16.6. The highest BCUT2D eigenvalue weighted by atomic mass is 19.4. The largest absolute Gasteiger partial charge is 0.422 e. The van der Waals surface area contributed by atoms with E-state index in [0.29, 0.717) is 11.0 Å². The first-order valence-corrected chi connectivity index (χ1v) is 10.1. The average molecular weight is 480 g/mol. The van der Waals surface area contributed by atoms with Crippen LogP contribution >= 0.6 is 0 Å². The number of hydrogen-bond donors (Lipinski definition) is 1. The van der Waals surface area contributed by atoms with Crippen LogP contribution in [0.1, 0.15) is 21.5 Å². The molecule has 0 unspecified atom stereocenters. The van der Waals surface area contributed by atoms with Crippen LogP contribution in [0.25, 0.3) is 6.08 Å². The number of anilines is 1. The summed E-state index contributed by atoms with van der Waals surface area (Å²) in [5, 5.41) is 1.94. The topological polar surface area (TPSA) is 92.8 Å². The van der Waals surface area contributed by atoms with E-state index in [4.69, 9.17) is 4.74 Å². The summed E-state index contributed by atoms with van der Waals surface area (Å²) < 4.78 is 44.7. The van der Waals surface area contributed by atoms with Crippen molar-refractivity contribution >= 4 is 35.6 Å². The van der Waals surface area contributed by atoms with Gasteiger partial charge in [-0.3, -0.25) is 14.9 Å². The zero-order valence-electron chi connectivity index (χ0n) is 17.7. The highest BCUT2D eigenvalue weighted by Crippen LogP contribution is 2.33. The van der Waals surface area contributed by atoms with Gasteiger partial charge in [0.25, 0.3) is 11.8 Å². The van der Waals surface area contributed by atoms with Crippen LogP contribution in [0.15, 0.2) is 84.4 Å². The zero-order valence-corrected chi connectivity index (χ0v) is 17.7. The molecule has 1 fully saturated rings. The number of nitrogens with one attached hydrogen (secondary N) is 1. The van der Waals surface area contributed by atoms with Crippen LogP contribution in [-0.4, -0.2) is 23.8 Å². The Morgan fingerprint density at radius 3 is 2.29 bits per heavy atom. The van der Waals surface area contributed by atoms with Crippen molar-refractivity contribution in [2.75, 3.05) is 4.90 Å². The van der Waals surface area contributed by atoms with Crippen molar-refractivity contribution in [3.05, 3.63) is 101 Å². The first kappa shape index (κ1) is 23.4. The number of ether oxygens (including phenoxy) is 1. The highest BCUT2D eigenvalue weighted by Gasteiger charge is 2.38. The van der Waals surface area contributed by atoms with Gasteiger partial charge in [-0.25, -0.2) is 14.5 Å². The molecule has 0 atom stereocenters. The molecule has 0 aliphatic carbocycles. The van der Waals surface area contributed by atoms with Crippen LogP contribution in [0.5, 0.6) is 5.75 Å². The molecule has 1 heterocycles. The predicted octanol–water partition coefficient (Wildman–Crippen LogP) is 4.59. The number of para-hydroxylation sites is 1. The Kier molecular flexibility index (Phi) is 6.20. The van der Waals surface area contributed by atoms with Gasteiger partial charge >= 0.3 is 18.2 Å². The van der Waals surface area contributed by atoms with E-state index in [1.807, 2.05) is 5.32 Å². The number of urea groups is 1. The van der Waals surface area contributed by atoms with Crippen molar-refractivity contribution in [1.82, 2.24) is 5.32 Å². The molecule has 10 heteroatoms. The molecule has 1 saturated heterocycles. The fourth-order valence-corrected chi connectivity index (χ4v) is 3.29. The van der Waals surface area contributed by atoms with Gasteiger partial charge in [0, 0.05) is 5.56 Å². The van der Waals surface area contributed by atoms with Crippen molar-refractivity contribution in [1.29, 1.82) is 0 Å². The molecule has 3 aromatic rings. The molecule has 0 bridgehead atoms. The molecule has 1 aliphatic heterocycles. The Hall–Kier alpha value is -4.73. The van der Waals surface area contributed by atoms with E-state index >= 15 is 0 Å². The predicted molar refractivity (Wildman–Crippen MR) is 118 cm³/mol. The van der Waals surface area contributed by atoms with Crippen molar-refractivity contribution < 1.29 is 37.1 Å². The number of hydrogen-bond acceptors (Lipinski definition) is 5. The van der Waals surface area contributed by atoms with Gasteiger partial charge in [-0.15, -0.1) is 0 Å². The molecule has 1 N–H and O–H groups in total. The molecule has 0 spiro atoms. The number of barbiturate groups is 1. The number of halogens is 3. The molecule has 3 aromatic carbocycles. The fourth-order valence-electron chi connectivity index (χ4n) is 3.29. The van der Waals surface area contributed by atoms with E-state index in [2.05, 4.69) is 0 Å². The quantitative estimate of drug-likeness (QED) is 0.255. The number of amides is 4. The van der Waals surface area contributed by atoms with Crippen molar-refractivity contribution in [2.45, 2.75) is 6.18 Å². The second-order valence-corrected chi connectivity index (χ2v) is 7.30. The number of carbonyl (C=O) groups excluding carboxylic acids is 4. The van der Waals surface area contributed by atoms with E-state index in [1.54, 1.807) is 42.5 Å². The van der Waals surface area contributed by atoms with Gasteiger partial charge in [0.2, 0.25) is 0 Å². The number of imide groups is 2. The summed E-state index contributed by atoms with van der Waals surface area (Å²) in [5.41, 5.74) is -1.55. The standard InChI is InChI=1S/C25H15F3N2O5/c26-25(27,28)17-10-6-11-18(14-17)30-22(32)19(21(31)29-24(30)34)13-16-9-4-5-12-20(16)35-23(33)15-7-2-1-3-8-15/h1-14H,(H,29,31,34)/b19-13-. The van der Waals surface area contributed by atoms with E-state index in [-0.39, 0.29) is 22.6 Å². The van der Waals surface area contributed by atoms with Gasteiger partial charge in [-0.05, 0) is 42.5 Å². The number of carbonyl (C=O) groups is 4. The summed E-state index contributed by atoms with van der Waals surface area (Å²) in [7, 11) is 0. The lowest BCUT2D eigenvalue weighted by atomic mass is 10.1. The number of benzene rings is 3. The van der Waals surface area contributed by atoms with Crippen molar-refractivity contribution in [2.24, 2.45) is 0 Å². The normalized spacial score (nSPS) is 15.2. The Morgan fingerprint density at radius 1 is 0.886 bits per heavy atom. The number of esters is 1. The van der Waals surface area contributed by atoms with Gasteiger partial charge in [0.05, 0.1) is 16.8 Å². The van der Waals surface area contributed by atoms with Gasteiger partial charge in [-0.2, -0.15) is 13.2 Å². The Morgan fingerprint density at radius 2 is 1.57 bits per heavy atom. The summed E-state index contributed by atoms with van der Waals surface area (Å²) in [4.78, 5) is 50.7. The van der Waals surface area contributed by atoms with Crippen LogP contribution in [0, 0.1) is 0 Å². The van der Waals surface area contributed by atoms with Gasteiger partial charge in [0.15, 0.2) is 0 Å². The molecule has 0 aromatic heterocycles. The lowest BCUT2D eigenvalue weighted by Gasteiger charge is -2.27. The molecule has 0 saturated carbocycles. The van der Waals surface area contributed by atoms with Crippen LogP contribution < -0.4 is 15.0 Å². The summed E-state index contributed by atoms with van der Waals surface area (Å²) >= 11 is 0. The molecular formula is C25H15F3N2O5. The summed E-state index contributed by atoms with van der Waals surface area (Å²) in [5.74, 6) is -2.84. The minimum atomic E-state index is -4.71. The lowest BCUT2D eigenvalue weighted by Crippen LogP contribution is -2.54. The minimum absolute atomic E-state index is 0.0250. The second-order valence-electron chi connectivity index (χ2n) is 7.30. The molecule has 0 radical (unpaired) electrons. The van der Waals surface area contributed by atoms with Crippen LogP contribution in [-0.2, 0) is 15.8 Å². The van der Waals surface area contributed by atoms with E-state index in [9.17, 15) is 32.3 Å². The Balaban J connectivity index is 1.69. The molecule has 35 heavy (non-hydrogen) atoms. The Bertz CT molecular complexity index is 1370. The third-order valence-corrected chi connectivity index (χ3v) is 4.96. The molecular weight excluding hydrogens is 465 g/mol. The third kappa shape index (κ3) is 4.96. The number of rotatable bonds is 4. The highest BCUT2D eigenvalue weighted by molar-refractivity contribution is 6.39. The molecule has 4 rings (SSSR count). The maximum absolute atomic E-state index is 13.1. The minimum Gasteiger partial charge on any atom is -0.422 e. The Labute approximate surface area is 196 Å². The fraction of sp³-hybridized carbons (Fsp3) is 0.0400. The number of alkyl halides is 3. The SMILES string of the molecule is O=C1NC(=O)N(c2cccc(C(F)(F)F)c2)C(=O)/C1=C\c1ccccc1OC(=O)c1ccccc1. The van der Waals surface area contributed by atoms with E-state index in [0.717, 1.165) is 24.3 Å². The van der Waals surface area contributed by atoms with Gasteiger partial charge in [-0.1, -0.05) is 42.5 Å². The van der Waals surface area contributed by atoms with Crippen LogP contribution in [0.4, 0.5) is 23.7 Å². The maximum atomic E-state index is 13.1. The summed E-state index contributed by atoms with van der Waals surface area (Å²) in [6.45, 7) is 0. The van der Waals surface area contributed by atoms with Crippen LogP contribution in [0.2, 0.25) is 0 Å². The van der Waals surface area contributed by atoms with E-state index in [1.165, 1.54) is 12.1 Å². The third-order valence-electron chi connectivity index (χ3n) is 4.96. The first-order valence-electron chi connectivity index (χ1n) is 10.1. The molecule has 176 valence electrons. The molecule has 4 amide bonds. The van der Waals surface area contributed by atoms with Crippen molar-refractivity contribution in [3.8, 4) is 5.75 Å². The van der Waals surface area contributed by atoms with Gasteiger partial charge in [0.1, 0.15) is 11.3 Å². The lowest BCUT2D eigenvalue weighted by molar-refractivity contribution is -0.137. The van der Waals surface area contributed by atoms with Gasteiger partial charge < -0.3 is 4.74 Å².